The molecule has 2 fully saturated rings. The first kappa shape index (κ1) is 43.4. The molecule has 61 heavy (non-hydrogen) atoms. The predicted octanol–water partition coefficient (Wildman–Crippen LogP) is 9.60. The summed E-state index contributed by atoms with van der Waals surface area (Å²) in [7, 11) is 0. The van der Waals surface area contributed by atoms with E-state index in [4.69, 9.17) is 31.8 Å². The normalized spacial score (nSPS) is 13.3. The van der Waals surface area contributed by atoms with Gasteiger partial charge in [0, 0.05) is 44.3 Å². The van der Waals surface area contributed by atoms with Gasteiger partial charge in [-0.2, -0.15) is 5.10 Å². The second kappa shape index (κ2) is 24.1. The lowest BCUT2D eigenvalue weighted by Crippen LogP contribution is -2.39. The summed E-state index contributed by atoms with van der Waals surface area (Å²) in [5, 5.41) is 13.8. The van der Waals surface area contributed by atoms with Crippen LogP contribution in [0.15, 0.2) is 115 Å². The zero-order valence-electron chi connectivity index (χ0n) is 34.3. The average Bonchev–Trinajstić information content (AvgIpc) is 3.29. The fourth-order valence-corrected chi connectivity index (χ4v) is 6.39. The Kier molecular flexibility index (Phi) is 17.1. The van der Waals surface area contributed by atoms with Crippen LogP contribution in [-0.4, -0.2) is 70.5 Å². The fourth-order valence-electron chi connectivity index (χ4n) is 6.39. The molecule has 5 aromatic rings. The molecular formula is C49H51N7O5. The van der Waals surface area contributed by atoms with E-state index in [-0.39, 0.29) is 6.03 Å². The van der Waals surface area contributed by atoms with Crippen molar-refractivity contribution in [2.24, 2.45) is 0 Å². The minimum absolute atomic E-state index is 0.156. The monoisotopic (exact) mass is 817 g/mol. The molecule has 2 aliphatic rings. The van der Waals surface area contributed by atoms with Gasteiger partial charge in [0.1, 0.15) is 23.0 Å². The predicted molar refractivity (Wildman–Crippen MR) is 239 cm³/mol. The molecule has 0 unspecified atom stereocenters. The molecule has 0 radical (unpaired) electrons. The smallest absolute Gasteiger partial charge is 0.323 e. The zero-order valence-corrected chi connectivity index (χ0v) is 34.3. The van der Waals surface area contributed by atoms with Gasteiger partial charge in [-0.1, -0.05) is 47.6 Å². The van der Waals surface area contributed by atoms with Crippen molar-refractivity contribution in [2.75, 3.05) is 44.7 Å². The Labute approximate surface area is 358 Å². The molecule has 3 aromatic heterocycles. The number of unbranched alkanes of at least 4 members (excludes halogenated alkanes) is 2. The van der Waals surface area contributed by atoms with Gasteiger partial charge in [0.15, 0.2) is 5.82 Å². The molecule has 0 saturated carbocycles. The van der Waals surface area contributed by atoms with Crippen molar-refractivity contribution >= 4 is 24.0 Å². The molecule has 0 aliphatic carbocycles. The van der Waals surface area contributed by atoms with Crippen molar-refractivity contribution in [3.63, 3.8) is 0 Å². The number of amides is 2. The van der Waals surface area contributed by atoms with Crippen LogP contribution in [0.3, 0.4) is 0 Å². The number of hydrogen-bond donors (Lipinski definition) is 2. The molecule has 0 spiro atoms. The van der Waals surface area contributed by atoms with Crippen LogP contribution in [-0.2, 0) is 0 Å². The van der Waals surface area contributed by atoms with Gasteiger partial charge in [-0.15, -0.1) is 29.8 Å². The summed E-state index contributed by atoms with van der Waals surface area (Å²) in [6.45, 7) is 4.57. The summed E-state index contributed by atoms with van der Waals surface area (Å²) in [6, 6.07) is 26.5. The van der Waals surface area contributed by atoms with E-state index in [1.807, 2.05) is 60.7 Å². The maximum Gasteiger partial charge on any atom is 0.323 e. The van der Waals surface area contributed by atoms with Gasteiger partial charge in [0.25, 0.3) is 0 Å². The van der Waals surface area contributed by atoms with Gasteiger partial charge in [-0.25, -0.2) is 14.8 Å². The summed E-state index contributed by atoms with van der Waals surface area (Å²) in [5.41, 5.74) is 4.97. The highest BCUT2D eigenvalue weighted by Crippen LogP contribution is 2.27. The van der Waals surface area contributed by atoms with Crippen molar-refractivity contribution < 1.29 is 23.7 Å². The van der Waals surface area contributed by atoms with Crippen LogP contribution in [0.5, 0.6) is 34.8 Å². The number of ether oxygens (including phenoxy) is 4. The van der Waals surface area contributed by atoms with E-state index in [1.54, 1.807) is 41.7 Å². The fraction of sp³-hybridized carbons (Fsp3) is 0.286. The van der Waals surface area contributed by atoms with Gasteiger partial charge in [-0.3, -0.25) is 5.32 Å². The van der Waals surface area contributed by atoms with E-state index in [0.29, 0.717) is 61.8 Å². The van der Waals surface area contributed by atoms with Crippen LogP contribution in [0, 0.1) is 24.7 Å². The first-order chi connectivity index (χ1) is 30.0. The number of aromatic nitrogens is 4. The number of likely N-dealkylation sites (tertiary alicyclic amines) is 1. The van der Waals surface area contributed by atoms with Gasteiger partial charge < -0.3 is 29.2 Å². The lowest BCUT2D eigenvalue weighted by atomic mass is 10.0. The molecule has 2 aliphatic heterocycles. The number of benzene rings is 2. The van der Waals surface area contributed by atoms with Crippen LogP contribution in [0.1, 0.15) is 62.5 Å². The number of anilines is 1. The minimum atomic E-state index is -0.156. The van der Waals surface area contributed by atoms with E-state index < -0.39 is 0 Å². The Hall–Kier alpha value is -7.15. The highest BCUT2D eigenvalue weighted by Gasteiger charge is 2.19. The molecule has 2 saturated heterocycles. The highest BCUT2D eigenvalue weighted by atomic mass is 16.5. The Morgan fingerprint density at radius 2 is 1.26 bits per heavy atom. The Morgan fingerprint density at radius 1 is 0.705 bits per heavy atom. The Balaban J connectivity index is 0.000000213. The average molecular weight is 818 g/mol. The summed E-state index contributed by atoms with van der Waals surface area (Å²) in [4.78, 5) is 22.9. The van der Waals surface area contributed by atoms with Crippen LogP contribution in [0.25, 0.3) is 12.2 Å². The third kappa shape index (κ3) is 15.2. The van der Waals surface area contributed by atoms with Gasteiger partial charge in [0.05, 0.1) is 25.6 Å². The molecule has 7 rings (SSSR count). The molecule has 2 aromatic carbocycles. The van der Waals surface area contributed by atoms with Gasteiger partial charge >= 0.3 is 6.03 Å². The summed E-state index contributed by atoms with van der Waals surface area (Å²) >= 11 is 0. The van der Waals surface area contributed by atoms with E-state index in [2.05, 4.69) is 60.9 Å². The number of hydrogen-bond acceptors (Lipinski definition) is 10. The number of carbonyl (C=O) groups excluding carboxylic acids is 1. The molecule has 2 N–H and O–H groups in total. The second-order valence-electron chi connectivity index (χ2n) is 14.2. The molecule has 5 heterocycles. The summed E-state index contributed by atoms with van der Waals surface area (Å²) < 4.78 is 23.0. The first-order valence-corrected chi connectivity index (χ1v) is 20.6. The number of rotatable bonds is 15. The van der Waals surface area contributed by atoms with E-state index in [1.165, 1.54) is 11.1 Å². The Bertz CT molecular complexity index is 2270. The second-order valence-corrected chi connectivity index (χ2v) is 14.2. The number of nitrogens with one attached hydrogen (secondary N) is 2. The highest BCUT2D eigenvalue weighted by molar-refractivity contribution is 5.88. The number of carbonyl (C=O) groups is 1. The van der Waals surface area contributed by atoms with Crippen LogP contribution in [0.4, 0.5) is 10.6 Å². The molecule has 12 nitrogen and oxygen atoms in total. The number of nitrogens with zero attached hydrogens (tertiary/aromatic N) is 5. The largest absolute Gasteiger partial charge is 0.492 e. The SMILES string of the molecule is C#CCCCOc1ccc(Oc2cccc(C=C3CCN(C(=O)Nc4cccnn4)CC3)c2)nc1.C#CCCCOc1ccc(Oc2cccc(C=C3CCNCC3)c2)nc1. The molecular weight excluding hydrogens is 767 g/mol. The van der Waals surface area contributed by atoms with Crippen molar-refractivity contribution in [1.82, 2.24) is 30.4 Å². The quantitative estimate of drug-likeness (QED) is 0.0778. The Morgan fingerprint density at radius 3 is 1.75 bits per heavy atom. The molecule has 0 atom stereocenters. The number of piperidine rings is 2. The maximum atomic E-state index is 12.4. The lowest BCUT2D eigenvalue weighted by molar-refractivity contribution is 0.207. The lowest BCUT2D eigenvalue weighted by Gasteiger charge is -2.28. The molecule has 312 valence electrons. The topological polar surface area (TPSA) is 133 Å². The first-order valence-electron chi connectivity index (χ1n) is 20.6. The van der Waals surface area contributed by atoms with Gasteiger partial charge in [0.2, 0.25) is 11.8 Å². The number of terminal acetylenes is 2. The molecule has 2 amide bonds. The van der Waals surface area contributed by atoms with Crippen LogP contribution in [0.2, 0.25) is 0 Å². The summed E-state index contributed by atoms with van der Waals surface area (Å²) in [5.74, 6) is 9.58. The standard InChI is InChI=1S/C27H27N5O3.C22H24N2O2/c1-2-3-4-17-34-24-10-11-26(28-20-24)35-23-8-5-7-22(19-23)18-21-12-15-32(16-13-21)27(33)30-25-9-6-14-29-31-25;1-2-3-4-14-25-21-8-9-22(24-17-21)26-20-7-5-6-19(16-20)15-18-10-12-23-13-11-18/h1,5-11,14,18-20H,3-4,12-13,15-17H2,(H,30,31,33);1,5-9,15-17,23H,3-4,10-14H2. The zero-order chi connectivity index (χ0) is 42.3. The third-order valence-electron chi connectivity index (χ3n) is 9.54. The van der Waals surface area contributed by atoms with E-state index in [9.17, 15) is 4.79 Å². The van der Waals surface area contributed by atoms with Crippen molar-refractivity contribution in [3.05, 3.63) is 126 Å². The van der Waals surface area contributed by atoms with Crippen molar-refractivity contribution in [3.8, 4) is 59.4 Å². The van der Waals surface area contributed by atoms with Crippen LogP contribution >= 0.6 is 0 Å². The molecule has 12 heteroatoms. The maximum absolute atomic E-state index is 12.4. The number of pyridine rings is 2. The summed E-state index contributed by atoms with van der Waals surface area (Å²) in [6.07, 6.45) is 26.7. The third-order valence-corrected chi connectivity index (χ3v) is 9.54. The van der Waals surface area contributed by atoms with Crippen LogP contribution < -0.4 is 29.6 Å². The minimum Gasteiger partial charge on any atom is -0.492 e. The van der Waals surface area contributed by atoms with E-state index in [0.717, 1.165) is 80.7 Å². The molecule has 0 bridgehead atoms. The van der Waals surface area contributed by atoms with E-state index >= 15 is 0 Å². The number of urea groups is 1. The van der Waals surface area contributed by atoms with Crippen molar-refractivity contribution in [1.29, 1.82) is 0 Å². The van der Waals surface area contributed by atoms with Gasteiger partial charge in [-0.05, 0) is 111 Å². The van der Waals surface area contributed by atoms with Crippen molar-refractivity contribution in [2.45, 2.75) is 51.4 Å².